The van der Waals surface area contributed by atoms with Gasteiger partial charge in [-0.2, -0.15) is 0 Å². The molecule has 0 heterocycles. The molecule has 0 aliphatic rings. The molecule has 19 heavy (non-hydrogen) atoms. The Labute approximate surface area is 150 Å². The second-order valence-electron chi connectivity index (χ2n) is 3.36. The predicted octanol–water partition coefficient (Wildman–Crippen LogP) is 2.64. The number of halogens is 3. The number of carboxylic acids is 1. The number of amides is 1. The van der Waals surface area contributed by atoms with Crippen LogP contribution in [0.25, 0.3) is 0 Å². The number of methoxy groups -OCH3 is 1. The molecule has 0 spiro atoms. The highest BCUT2D eigenvalue weighted by Gasteiger charge is 2.22. The lowest BCUT2D eigenvalue weighted by molar-refractivity contribution is 0.0694. The Morgan fingerprint density at radius 2 is 1.84 bits per heavy atom. The normalized spacial score (nSPS) is 10.1. The summed E-state index contributed by atoms with van der Waals surface area (Å²) >= 11 is 5.89. The molecule has 1 aromatic carbocycles. The summed E-state index contributed by atoms with van der Waals surface area (Å²) in [5.74, 6) is -1.05. The van der Waals surface area contributed by atoms with Gasteiger partial charge in [0.05, 0.1) is 21.9 Å². The highest BCUT2D eigenvalue weighted by atomic mass is 127. The molecule has 1 aromatic rings. The molecule has 0 bridgehead atoms. The number of carbonyl (C=O) groups is 2. The number of carboxylic acid groups (broad SMARTS) is 1. The van der Waals surface area contributed by atoms with Gasteiger partial charge >= 0.3 is 12.1 Å². The van der Waals surface area contributed by atoms with Gasteiger partial charge in [0.1, 0.15) is 0 Å². The second-order valence-corrected chi connectivity index (χ2v) is 6.60. The van der Waals surface area contributed by atoms with Crippen molar-refractivity contribution in [2.45, 2.75) is 6.54 Å². The van der Waals surface area contributed by atoms with Gasteiger partial charge in [-0.3, -0.25) is 0 Å². The van der Waals surface area contributed by atoms with Gasteiger partial charge in [-0.25, -0.2) is 9.59 Å². The van der Waals surface area contributed by atoms with Gasteiger partial charge in [-0.15, -0.1) is 0 Å². The van der Waals surface area contributed by atoms with E-state index < -0.39 is 12.1 Å². The monoisotopic (exact) mass is 602 g/mol. The summed E-state index contributed by atoms with van der Waals surface area (Å²) in [6.07, 6.45) is -0.583. The molecule has 104 valence electrons. The van der Waals surface area contributed by atoms with E-state index in [1.807, 2.05) is 67.8 Å². The van der Waals surface area contributed by atoms with Crippen molar-refractivity contribution in [3.8, 4) is 0 Å². The number of rotatable bonds is 3. The van der Waals surface area contributed by atoms with Crippen LogP contribution in [-0.4, -0.2) is 24.3 Å². The average molecular weight is 602 g/mol. The molecule has 6 nitrogen and oxygen atoms in total. The zero-order valence-electron chi connectivity index (χ0n) is 9.59. The van der Waals surface area contributed by atoms with Gasteiger partial charge in [0, 0.05) is 19.2 Å². The third-order valence-corrected chi connectivity index (χ3v) is 5.79. The van der Waals surface area contributed by atoms with Gasteiger partial charge in [0.2, 0.25) is 0 Å². The van der Waals surface area contributed by atoms with E-state index in [-0.39, 0.29) is 12.1 Å². The largest absolute Gasteiger partial charge is 0.478 e. The molecule has 1 amide bonds. The van der Waals surface area contributed by atoms with Crippen LogP contribution < -0.4 is 11.1 Å². The maximum absolute atomic E-state index is 11.3. The first-order valence-corrected chi connectivity index (χ1v) is 8.04. The number of nitrogens with two attached hydrogens (primary N) is 1. The molecule has 9 heteroatoms. The van der Waals surface area contributed by atoms with Crippen LogP contribution in [0.15, 0.2) is 0 Å². The van der Waals surface area contributed by atoms with Crippen molar-refractivity contribution < 1.29 is 19.4 Å². The van der Waals surface area contributed by atoms with E-state index in [4.69, 9.17) is 5.73 Å². The number of carbonyl (C=O) groups excluding carboxylic acids is 1. The van der Waals surface area contributed by atoms with Crippen LogP contribution in [0.3, 0.4) is 0 Å². The van der Waals surface area contributed by atoms with E-state index >= 15 is 0 Å². The van der Waals surface area contributed by atoms with Crippen molar-refractivity contribution in [3.05, 3.63) is 21.8 Å². The average Bonchev–Trinajstić information content (AvgIpc) is 2.35. The zero-order chi connectivity index (χ0) is 14.7. The van der Waals surface area contributed by atoms with Crippen molar-refractivity contribution in [1.29, 1.82) is 0 Å². The highest BCUT2D eigenvalue weighted by molar-refractivity contribution is 14.1. The molecule has 0 radical (unpaired) electrons. The van der Waals surface area contributed by atoms with Crippen LogP contribution in [0.2, 0.25) is 0 Å². The number of nitrogen functional groups attached to an aromatic ring is 1. The molecule has 0 unspecified atom stereocenters. The predicted molar refractivity (Wildman–Crippen MR) is 95.2 cm³/mol. The first-order chi connectivity index (χ1) is 8.81. The molecule has 0 saturated heterocycles. The molecule has 0 aliphatic carbocycles. The van der Waals surface area contributed by atoms with Crippen molar-refractivity contribution in [2.24, 2.45) is 0 Å². The number of nitrogens with one attached hydrogen (secondary N) is 1. The molecule has 0 fully saturated rings. The van der Waals surface area contributed by atoms with Gasteiger partial charge in [-0.1, -0.05) is 0 Å². The standard InChI is InChI=1S/C10H9I3N2O4/c1-19-10(18)15-2-3-5(11)4(9(16)17)7(13)8(14)6(3)12/h2,14H2,1H3,(H,15,18)(H,16,17). The summed E-state index contributed by atoms with van der Waals surface area (Å²) < 4.78 is 6.27. The third-order valence-electron chi connectivity index (χ3n) is 2.25. The molecule has 0 aromatic heterocycles. The topological polar surface area (TPSA) is 102 Å². The fourth-order valence-corrected chi connectivity index (χ4v) is 5.32. The molecular formula is C10H9I3N2O4. The van der Waals surface area contributed by atoms with Gasteiger partial charge < -0.3 is 20.9 Å². The summed E-state index contributed by atoms with van der Waals surface area (Å²) in [4.78, 5) is 22.4. The molecular weight excluding hydrogens is 593 g/mol. The Morgan fingerprint density at radius 1 is 1.26 bits per heavy atom. The number of anilines is 1. The van der Waals surface area contributed by atoms with Crippen LogP contribution in [0.5, 0.6) is 0 Å². The Hall–Kier alpha value is -0.0500. The van der Waals surface area contributed by atoms with Crippen LogP contribution in [0.4, 0.5) is 10.5 Å². The Morgan fingerprint density at radius 3 is 2.32 bits per heavy atom. The van der Waals surface area contributed by atoms with E-state index in [9.17, 15) is 14.7 Å². The van der Waals surface area contributed by atoms with Gasteiger partial charge in [0.15, 0.2) is 0 Å². The van der Waals surface area contributed by atoms with Gasteiger partial charge in [0.25, 0.3) is 0 Å². The zero-order valence-corrected chi connectivity index (χ0v) is 16.1. The summed E-state index contributed by atoms with van der Waals surface area (Å²) in [5.41, 5.74) is 7.13. The molecule has 0 saturated carbocycles. The van der Waals surface area contributed by atoms with E-state index in [1.54, 1.807) is 0 Å². The van der Waals surface area contributed by atoms with Crippen molar-refractivity contribution in [1.82, 2.24) is 5.32 Å². The lowest BCUT2D eigenvalue weighted by Crippen LogP contribution is -2.24. The van der Waals surface area contributed by atoms with Crippen LogP contribution in [0, 0.1) is 10.7 Å². The van der Waals surface area contributed by atoms with E-state index in [1.165, 1.54) is 7.11 Å². The number of ether oxygens (including phenoxy) is 1. The summed E-state index contributed by atoms with van der Waals surface area (Å²) in [7, 11) is 1.26. The highest BCUT2D eigenvalue weighted by Crippen LogP contribution is 2.33. The minimum absolute atomic E-state index is 0.154. The van der Waals surface area contributed by atoms with Crippen molar-refractivity contribution >= 4 is 85.5 Å². The van der Waals surface area contributed by atoms with Crippen LogP contribution in [-0.2, 0) is 11.3 Å². The summed E-state index contributed by atoms with van der Waals surface area (Å²) in [6, 6.07) is 0. The smallest absolute Gasteiger partial charge is 0.407 e. The van der Waals surface area contributed by atoms with Crippen LogP contribution >= 0.6 is 67.8 Å². The van der Waals surface area contributed by atoms with E-state index in [0.29, 0.717) is 18.4 Å². The van der Waals surface area contributed by atoms with E-state index in [2.05, 4.69) is 10.1 Å². The number of hydrogen-bond donors (Lipinski definition) is 3. The van der Waals surface area contributed by atoms with Crippen molar-refractivity contribution in [3.63, 3.8) is 0 Å². The minimum atomic E-state index is -1.05. The molecule has 0 atom stereocenters. The second kappa shape index (κ2) is 7.10. The first kappa shape index (κ1) is 17.0. The number of aromatic carboxylic acids is 1. The SMILES string of the molecule is COC(=O)NCc1c(I)c(N)c(I)c(C(=O)O)c1I. The minimum Gasteiger partial charge on any atom is -0.478 e. The molecule has 1 rings (SSSR count). The fourth-order valence-electron chi connectivity index (χ4n) is 1.31. The lowest BCUT2D eigenvalue weighted by atomic mass is 10.1. The van der Waals surface area contributed by atoms with Crippen molar-refractivity contribution in [2.75, 3.05) is 12.8 Å². The Kier molecular flexibility index (Phi) is 6.35. The molecule has 0 aliphatic heterocycles. The maximum atomic E-state index is 11.3. The third kappa shape index (κ3) is 3.74. The Bertz CT molecular complexity index is 548. The number of alkyl carbamates (subject to hydrolysis) is 1. The van der Waals surface area contributed by atoms with E-state index in [0.717, 1.165) is 3.57 Å². The summed E-state index contributed by atoms with van der Waals surface area (Å²) in [5, 5.41) is 11.8. The quantitative estimate of drug-likeness (QED) is 0.365. The summed E-state index contributed by atoms with van der Waals surface area (Å²) in [6.45, 7) is 0.157. The molecule has 4 N–H and O–H groups in total. The first-order valence-electron chi connectivity index (χ1n) is 4.81. The maximum Gasteiger partial charge on any atom is 0.407 e. The van der Waals surface area contributed by atoms with Gasteiger partial charge in [-0.05, 0) is 67.8 Å². The lowest BCUT2D eigenvalue weighted by Gasteiger charge is -2.15. The fraction of sp³-hybridized carbons (Fsp3) is 0.200. The number of benzene rings is 1. The number of hydrogen-bond acceptors (Lipinski definition) is 4. The van der Waals surface area contributed by atoms with Crippen LogP contribution in [0.1, 0.15) is 15.9 Å². The Balaban J connectivity index is 3.31.